The molecule has 0 aromatic rings. The average molecular weight is 223 g/mol. The van der Waals surface area contributed by atoms with E-state index in [-0.39, 0.29) is 5.60 Å². The molecule has 0 bridgehead atoms. The first-order chi connectivity index (χ1) is 7.66. The minimum atomic E-state index is 0.111. The lowest BCUT2D eigenvalue weighted by atomic mass is 9.94. The summed E-state index contributed by atoms with van der Waals surface area (Å²) in [5, 5.41) is 3.58. The molecule has 2 unspecified atom stereocenters. The maximum absolute atomic E-state index is 5.96. The van der Waals surface area contributed by atoms with Crippen LogP contribution in [0.15, 0.2) is 12.2 Å². The summed E-state index contributed by atoms with van der Waals surface area (Å²) in [6.07, 6.45) is 11.3. The summed E-state index contributed by atoms with van der Waals surface area (Å²) in [6, 6.07) is 0. The maximum atomic E-state index is 5.96. The van der Waals surface area contributed by atoms with Gasteiger partial charge in [-0.15, -0.1) is 0 Å². The number of hydrogen-bond donors (Lipinski definition) is 1. The first-order valence-corrected chi connectivity index (χ1v) is 6.69. The van der Waals surface area contributed by atoms with Crippen LogP contribution in [0.4, 0.5) is 0 Å². The number of nitrogens with one attached hydrogen (secondary N) is 1. The molecule has 1 N–H and O–H groups in total. The molecule has 16 heavy (non-hydrogen) atoms. The first-order valence-electron chi connectivity index (χ1n) is 6.69. The topological polar surface area (TPSA) is 21.3 Å². The molecular formula is C14H25NO. The fraction of sp³-hybridized carbons (Fsp3) is 0.857. The Morgan fingerprint density at radius 1 is 1.25 bits per heavy atom. The molecule has 2 atom stereocenters. The summed E-state index contributed by atoms with van der Waals surface area (Å²) in [5.74, 6) is 0.847. The van der Waals surface area contributed by atoms with Gasteiger partial charge in [0, 0.05) is 6.54 Å². The van der Waals surface area contributed by atoms with Crippen LogP contribution in [0.25, 0.3) is 0 Å². The molecule has 0 aromatic carbocycles. The molecule has 0 spiro atoms. The van der Waals surface area contributed by atoms with Crippen molar-refractivity contribution < 1.29 is 4.74 Å². The smallest absolute Gasteiger partial charge is 0.0707 e. The minimum Gasteiger partial charge on any atom is -0.371 e. The maximum Gasteiger partial charge on any atom is 0.0707 e. The fourth-order valence-electron chi connectivity index (χ4n) is 2.71. The predicted octanol–water partition coefficient (Wildman–Crippen LogP) is 2.89. The molecule has 1 aliphatic heterocycles. The van der Waals surface area contributed by atoms with E-state index in [1.165, 1.54) is 32.1 Å². The van der Waals surface area contributed by atoms with Crippen LogP contribution in [0, 0.1) is 5.92 Å². The third-order valence-corrected chi connectivity index (χ3v) is 3.74. The van der Waals surface area contributed by atoms with Gasteiger partial charge in [0.2, 0.25) is 0 Å². The standard InChI is InChI=1S/C14H25NO/c1-14(2)9-8-13(16-14)11-15-10-12-6-4-3-5-7-12/h3-4,12-13,15H,5-11H2,1-2H3. The summed E-state index contributed by atoms with van der Waals surface area (Å²) in [4.78, 5) is 0. The second-order valence-corrected chi connectivity index (χ2v) is 5.85. The lowest BCUT2D eigenvalue weighted by Gasteiger charge is -2.21. The zero-order valence-electron chi connectivity index (χ0n) is 10.7. The van der Waals surface area contributed by atoms with Gasteiger partial charge in [0.15, 0.2) is 0 Å². The Hall–Kier alpha value is -0.340. The summed E-state index contributed by atoms with van der Waals surface area (Å²) in [7, 11) is 0. The molecule has 1 heterocycles. The highest BCUT2D eigenvalue weighted by Crippen LogP contribution is 2.28. The minimum absolute atomic E-state index is 0.111. The van der Waals surface area contributed by atoms with E-state index >= 15 is 0 Å². The van der Waals surface area contributed by atoms with Crippen molar-refractivity contribution in [2.24, 2.45) is 5.92 Å². The average Bonchev–Trinajstić information content (AvgIpc) is 2.60. The summed E-state index contributed by atoms with van der Waals surface area (Å²) in [5.41, 5.74) is 0.111. The van der Waals surface area contributed by atoms with Crippen molar-refractivity contribution in [1.29, 1.82) is 0 Å². The highest BCUT2D eigenvalue weighted by Gasteiger charge is 2.31. The molecule has 2 nitrogen and oxygen atoms in total. The van der Waals surface area contributed by atoms with Crippen molar-refractivity contribution in [1.82, 2.24) is 5.32 Å². The van der Waals surface area contributed by atoms with Crippen LogP contribution in [0.5, 0.6) is 0 Å². The molecule has 1 fully saturated rings. The van der Waals surface area contributed by atoms with Gasteiger partial charge in [-0.1, -0.05) is 12.2 Å². The van der Waals surface area contributed by atoms with E-state index in [2.05, 4.69) is 31.3 Å². The molecule has 1 saturated heterocycles. The molecule has 0 amide bonds. The quantitative estimate of drug-likeness (QED) is 0.740. The SMILES string of the molecule is CC1(C)CCC(CNCC2CC=CCC2)O1. The number of ether oxygens (including phenoxy) is 1. The Bertz CT molecular complexity index is 247. The van der Waals surface area contributed by atoms with Gasteiger partial charge in [-0.3, -0.25) is 0 Å². The van der Waals surface area contributed by atoms with Crippen LogP contribution in [0.3, 0.4) is 0 Å². The molecule has 2 heteroatoms. The zero-order valence-corrected chi connectivity index (χ0v) is 10.7. The van der Waals surface area contributed by atoms with E-state index in [4.69, 9.17) is 4.74 Å². The van der Waals surface area contributed by atoms with Crippen molar-refractivity contribution in [3.05, 3.63) is 12.2 Å². The first kappa shape index (κ1) is 12.1. The van der Waals surface area contributed by atoms with Crippen LogP contribution in [-0.2, 0) is 4.74 Å². The van der Waals surface area contributed by atoms with Crippen LogP contribution >= 0.6 is 0 Å². The van der Waals surface area contributed by atoms with E-state index in [0.717, 1.165) is 19.0 Å². The van der Waals surface area contributed by atoms with Gasteiger partial charge >= 0.3 is 0 Å². The van der Waals surface area contributed by atoms with Gasteiger partial charge in [-0.05, 0) is 58.4 Å². The normalized spacial score (nSPS) is 33.1. The Morgan fingerprint density at radius 2 is 2.12 bits per heavy atom. The molecule has 0 radical (unpaired) electrons. The van der Waals surface area contributed by atoms with Crippen molar-refractivity contribution in [2.45, 2.75) is 57.7 Å². The van der Waals surface area contributed by atoms with Gasteiger partial charge in [0.25, 0.3) is 0 Å². The number of hydrogen-bond acceptors (Lipinski definition) is 2. The van der Waals surface area contributed by atoms with E-state index in [1.54, 1.807) is 0 Å². The fourth-order valence-corrected chi connectivity index (χ4v) is 2.71. The van der Waals surface area contributed by atoms with Crippen molar-refractivity contribution in [2.75, 3.05) is 13.1 Å². The van der Waals surface area contributed by atoms with Gasteiger partial charge < -0.3 is 10.1 Å². The van der Waals surface area contributed by atoms with E-state index in [9.17, 15) is 0 Å². The summed E-state index contributed by atoms with van der Waals surface area (Å²) in [6.45, 7) is 6.58. The van der Waals surface area contributed by atoms with E-state index < -0.39 is 0 Å². The van der Waals surface area contributed by atoms with Gasteiger partial charge in [-0.2, -0.15) is 0 Å². The largest absolute Gasteiger partial charge is 0.371 e. The van der Waals surface area contributed by atoms with Crippen LogP contribution < -0.4 is 5.32 Å². The molecule has 0 aromatic heterocycles. The van der Waals surface area contributed by atoms with E-state index in [0.29, 0.717) is 6.10 Å². The van der Waals surface area contributed by atoms with Crippen LogP contribution in [-0.4, -0.2) is 24.8 Å². The third kappa shape index (κ3) is 3.60. The Balaban J connectivity index is 1.60. The highest BCUT2D eigenvalue weighted by atomic mass is 16.5. The summed E-state index contributed by atoms with van der Waals surface area (Å²) >= 11 is 0. The molecular weight excluding hydrogens is 198 g/mol. The van der Waals surface area contributed by atoms with Crippen molar-refractivity contribution in [3.63, 3.8) is 0 Å². The molecule has 2 rings (SSSR count). The molecule has 2 aliphatic rings. The van der Waals surface area contributed by atoms with Crippen molar-refractivity contribution >= 4 is 0 Å². The lowest BCUT2D eigenvalue weighted by molar-refractivity contribution is -0.0144. The van der Waals surface area contributed by atoms with Gasteiger partial charge in [-0.25, -0.2) is 0 Å². The Kier molecular flexibility index (Phi) is 4.04. The molecule has 92 valence electrons. The van der Waals surface area contributed by atoms with Gasteiger partial charge in [0.05, 0.1) is 11.7 Å². The van der Waals surface area contributed by atoms with Crippen LogP contribution in [0.2, 0.25) is 0 Å². The zero-order chi connectivity index (χ0) is 11.4. The molecule has 0 saturated carbocycles. The lowest BCUT2D eigenvalue weighted by Crippen LogP contribution is -2.32. The van der Waals surface area contributed by atoms with E-state index in [1.807, 2.05) is 0 Å². The van der Waals surface area contributed by atoms with Crippen molar-refractivity contribution in [3.8, 4) is 0 Å². The second kappa shape index (κ2) is 5.33. The molecule has 1 aliphatic carbocycles. The van der Waals surface area contributed by atoms with Gasteiger partial charge in [0.1, 0.15) is 0 Å². The predicted molar refractivity (Wildman–Crippen MR) is 67.5 cm³/mol. The number of allylic oxidation sites excluding steroid dienone is 2. The third-order valence-electron chi connectivity index (χ3n) is 3.74. The Morgan fingerprint density at radius 3 is 2.75 bits per heavy atom. The summed E-state index contributed by atoms with van der Waals surface area (Å²) < 4.78 is 5.96. The number of rotatable bonds is 4. The monoisotopic (exact) mass is 223 g/mol. The Labute approximate surface area is 99.4 Å². The van der Waals surface area contributed by atoms with Crippen LogP contribution in [0.1, 0.15) is 46.0 Å². The second-order valence-electron chi connectivity index (χ2n) is 5.85. The highest BCUT2D eigenvalue weighted by molar-refractivity contribution is 4.90.